The van der Waals surface area contributed by atoms with Crippen LogP contribution in [0.4, 0.5) is 0 Å². The maximum atomic E-state index is 11.9. The molecule has 1 aromatic carbocycles. The van der Waals surface area contributed by atoms with Gasteiger partial charge in [0.1, 0.15) is 0 Å². The van der Waals surface area contributed by atoms with Gasteiger partial charge < -0.3 is 14.8 Å². The van der Waals surface area contributed by atoms with Gasteiger partial charge in [0.15, 0.2) is 11.5 Å². The molecule has 120 valence electrons. The molecule has 1 fully saturated rings. The summed E-state index contributed by atoms with van der Waals surface area (Å²) in [5, 5.41) is 3.04. The van der Waals surface area contributed by atoms with E-state index in [2.05, 4.69) is 5.32 Å². The molecule has 1 aromatic rings. The third kappa shape index (κ3) is 4.79. The minimum atomic E-state index is -0.0289. The molecule has 22 heavy (non-hydrogen) atoms. The molecule has 2 rings (SSSR count). The first-order valence-corrected chi connectivity index (χ1v) is 8.11. The zero-order valence-electron chi connectivity index (χ0n) is 13.4. The molecule has 1 amide bonds. The topological polar surface area (TPSA) is 47.6 Å². The number of benzene rings is 1. The Morgan fingerprint density at radius 3 is 2.55 bits per heavy atom. The summed E-state index contributed by atoms with van der Waals surface area (Å²) in [5.74, 6) is 1.42. The Morgan fingerprint density at radius 2 is 1.86 bits per heavy atom. The van der Waals surface area contributed by atoms with Crippen molar-refractivity contribution >= 4 is 12.0 Å². The van der Waals surface area contributed by atoms with E-state index >= 15 is 0 Å². The SMILES string of the molecule is CCOc1ccc(/C=C/C(=O)NC2CCCC2)cc1OCC. The Balaban J connectivity index is 1.99. The van der Waals surface area contributed by atoms with Crippen molar-refractivity contribution in [2.75, 3.05) is 13.2 Å². The molecular formula is C18H25NO3. The van der Waals surface area contributed by atoms with Crippen LogP contribution in [0.25, 0.3) is 6.08 Å². The highest BCUT2D eigenvalue weighted by atomic mass is 16.5. The van der Waals surface area contributed by atoms with Crippen LogP contribution in [0, 0.1) is 0 Å². The molecule has 0 saturated heterocycles. The van der Waals surface area contributed by atoms with E-state index < -0.39 is 0 Å². The molecule has 0 bridgehead atoms. The molecule has 0 aromatic heterocycles. The number of nitrogens with one attached hydrogen (secondary N) is 1. The molecule has 1 aliphatic carbocycles. The van der Waals surface area contributed by atoms with Gasteiger partial charge in [-0.3, -0.25) is 4.79 Å². The van der Waals surface area contributed by atoms with Crippen molar-refractivity contribution in [1.82, 2.24) is 5.32 Å². The second-order valence-corrected chi connectivity index (χ2v) is 5.40. The average Bonchev–Trinajstić information content (AvgIpc) is 3.01. The molecule has 1 saturated carbocycles. The van der Waals surface area contributed by atoms with E-state index in [4.69, 9.17) is 9.47 Å². The van der Waals surface area contributed by atoms with Gasteiger partial charge in [0, 0.05) is 12.1 Å². The highest BCUT2D eigenvalue weighted by molar-refractivity contribution is 5.92. The summed E-state index contributed by atoms with van der Waals surface area (Å²) >= 11 is 0. The van der Waals surface area contributed by atoms with Crippen LogP contribution in [0.3, 0.4) is 0 Å². The standard InChI is InChI=1S/C18H25NO3/c1-3-21-16-11-9-14(13-17(16)22-4-2)10-12-18(20)19-15-7-5-6-8-15/h9-13,15H,3-8H2,1-2H3,(H,19,20)/b12-10+. The summed E-state index contributed by atoms with van der Waals surface area (Å²) in [6, 6.07) is 6.04. The summed E-state index contributed by atoms with van der Waals surface area (Å²) in [6.45, 7) is 5.05. The number of ether oxygens (including phenoxy) is 2. The van der Waals surface area contributed by atoms with Crippen LogP contribution in [0.5, 0.6) is 11.5 Å². The first kappa shape index (κ1) is 16.4. The number of carbonyl (C=O) groups is 1. The summed E-state index contributed by atoms with van der Waals surface area (Å²) < 4.78 is 11.1. The summed E-state index contributed by atoms with van der Waals surface area (Å²) in [6.07, 6.45) is 8.01. The largest absolute Gasteiger partial charge is 0.490 e. The maximum Gasteiger partial charge on any atom is 0.244 e. The average molecular weight is 303 g/mol. The van der Waals surface area contributed by atoms with E-state index in [9.17, 15) is 4.79 Å². The van der Waals surface area contributed by atoms with Gasteiger partial charge in [-0.2, -0.15) is 0 Å². The van der Waals surface area contributed by atoms with Crippen molar-refractivity contribution in [3.63, 3.8) is 0 Å². The van der Waals surface area contributed by atoms with Crippen molar-refractivity contribution in [2.24, 2.45) is 0 Å². The number of hydrogen-bond donors (Lipinski definition) is 1. The first-order chi connectivity index (χ1) is 10.7. The van der Waals surface area contributed by atoms with Crippen molar-refractivity contribution in [1.29, 1.82) is 0 Å². The molecule has 1 N–H and O–H groups in total. The molecule has 0 heterocycles. The molecular weight excluding hydrogens is 278 g/mol. The monoisotopic (exact) mass is 303 g/mol. The molecule has 0 spiro atoms. The Bertz CT molecular complexity index is 519. The number of rotatable bonds is 7. The van der Waals surface area contributed by atoms with E-state index in [1.54, 1.807) is 6.08 Å². The minimum Gasteiger partial charge on any atom is -0.490 e. The molecule has 4 heteroatoms. The summed E-state index contributed by atoms with van der Waals surface area (Å²) in [4.78, 5) is 11.9. The normalized spacial score (nSPS) is 15.2. The highest BCUT2D eigenvalue weighted by Gasteiger charge is 2.15. The quantitative estimate of drug-likeness (QED) is 0.784. The first-order valence-electron chi connectivity index (χ1n) is 8.11. The van der Waals surface area contributed by atoms with E-state index in [0.717, 1.165) is 24.2 Å². The summed E-state index contributed by atoms with van der Waals surface area (Å²) in [5.41, 5.74) is 0.925. The van der Waals surface area contributed by atoms with Gasteiger partial charge in [-0.25, -0.2) is 0 Å². The van der Waals surface area contributed by atoms with Crippen molar-refractivity contribution in [3.05, 3.63) is 29.8 Å². The maximum absolute atomic E-state index is 11.9. The molecule has 1 aliphatic rings. The predicted octanol–water partition coefficient (Wildman–Crippen LogP) is 3.56. The van der Waals surface area contributed by atoms with Gasteiger partial charge in [-0.1, -0.05) is 18.9 Å². The third-order valence-corrected chi connectivity index (χ3v) is 3.70. The second-order valence-electron chi connectivity index (χ2n) is 5.40. The molecule has 0 aliphatic heterocycles. The van der Waals surface area contributed by atoms with Crippen LogP contribution in [-0.2, 0) is 4.79 Å². The number of amides is 1. The predicted molar refractivity (Wildman–Crippen MR) is 88.2 cm³/mol. The molecule has 0 unspecified atom stereocenters. The van der Waals surface area contributed by atoms with E-state index in [1.165, 1.54) is 12.8 Å². The van der Waals surface area contributed by atoms with Gasteiger partial charge in [0.05, 0.1) is 13.2 Å². The number of hydrogen-bond acceptors (Lipinski definition) is 3. The van der Waals surface area contributed by atoms with Crippen LogP contribution in [0.15, 0.2) is 24.3 Å². The number of carbonyl (C=O) groups excluding carboxylic acids is 1. The van der Waals surface area contributed by atoms with Gasteiger partial charge in [0.25, 0.3) is 0 Å². The highest BCUT2D eigenvalue weighted by Crippen LogP contribution is 2.29. The van der Waals surface area contributed by atoms with Crippen molar-refractivity contribution in [3.8, 4) is 11.5 Å². The van der Waals surface area contributed by atoms with Crippen LogP contribution >= 0.6 is 0 Å². The van der Waals surface area contributed by atoms with Crippen LogP contribution in [-0.4, -0.2) is 25.2 Å². The zero-order chi connectivity index (χ0) is 15.8. The van der Waals surface area contributed by atoms with Gasteiger partial charge in [-0.05, 0) is 50.5 Å². The van der Waals surface area contributed by atoms with E-state index in [1.807, 2.05) is 38.1 Å². The van der Waals surface area contributed by atoms with E-state index in [-0.39, 0.29) is 5.91 Å². The van der Waals surface area contributed by atoms with E-state index in [0.29, 0.717) is 25.0 Å². The minimum absolute atomic E-state index is 0.0289. The lowest BCUT2D eigenvalue weighted by Gasteiger charge is -2.11. The van der Waals surface area contributed by atoms with Crippen LogP contribution in [0.2, 0.25) is 0 Å². The van der Waals surface area contributed by atoms with Gasteiger partial charge in [-0.15, -0.1) is 0 Å². The fraction of sp³-hybridized carbons (Fsp3) is 0.500. The second kappa shape index (κ2) is 8.47. The fourth-order valence-corrected chi connectivity index (χ4v) is 2.66. The van der Waals surface area contributed by atoms with Gasteiger partial charge in [0.2, 0.25) is 5.91 Å². The Labute approximate surface area is 132 Å². The zero-order valence-corrected chi connectivity index (χ0v) is 13.4. The smallest absolute Gasteiger partial charge is 0.244 e. The molecule has 0 radical (unpaired) electrons. The molecule has 0 atom stereocenters. The van der Waals surface area contributed by atoms with Gasteiger partial charge >= 0.3 is 0 Å². The Kier molecular flexibility index (Phi) is 6.31. The lowest BCUT2D eigenvalue weighted by Crippen LogP contribution is -2.30. The Morgan fingerprint density at radius 1 is 1.18 bits per heavy atom. The fourth-order valence-electron chi connectivity index (χ4n) is 2.66. The van der Waals surface area contributed by atoms with Crippen molar-refractivity contribution < 1.29 is 14.3 Å². The van der Waals surface area contributed by atoms with Crippen LogP contribution in [0.1, 0.15) is 45.1 Å². The van der Waals surface area contributed by atoms with Crippen molar-refractivity contribution in [2.45, 2.75) is 45.6 Å². The third-order valence-electron chi connectivity index (χ3n) is 3.70. The molecule has 4 nitrogen and oxygen atoms in total. The lowest BCUT2D eigenvalue weighted by atomic mass is 10.2. The Hall–Kier alpha value is -1.97. The lowest BCUT2D eigenvalue weighted by molar-refractivity contribution is -0.117. The van der Waals surface area contributed by atoms with Crippen LogP contribution < -0.4 is 14.8 Å². The summed E-state index contributed by atoms with van der Waals surface area (Å²) in [7, 11) is 0.